The number of hydrogen-bond acceptors (Lipinski definition) is 7. The van der Waals surface area contributed by atoms with Crippen LogP contribution in [0.3, 0.4) is 0 Å². The minimum Gasteiger partial charge on any atom is -0.497 e. The summed E-state index contributed by atoms with van der Waals surface area (Å²) in [5, 5.41) is 3.12. The van der Waals surface area contributed by atoms with Crippen LogP contribution < -0.4 is 14.8 Å². The number of piperidine rings is 2. The molecule has 3 heterocycles. The number of aromatic nitrogens is 1. The van der Waals surface area contributed by atoms with Crippen LogP contribution in [0.2, 0.25) is 0 Å². The van der Waals surface area contributed by atoms with Crippen LogP contribution >= 0.6 is 0 Å². The second-order valence-electron chi connectivity index (χ2n) is 11.0. The Morgan fingerprint density at radius 3 is 2.10 bits per heavy atom. The van der Waals surface area contributed by atoms with Crippen molar-refractivity contribution in [2.45, 2.75) is 38.3 Å². The molecule has 1 aromatic heterocycles. The van der Waals surface area contributed by atoms with Crippen LogP contribution in [0.15, 0.2) is 66.9 Å². The van der Waals surface area contributed by atoms with Gasteiger partial charge in [0.15, 0.2) is 5.78 Å². The number of carbonyl (C=O) groups excluding carboxylic acids is 3. The fraction of sp³-hybridized carbons (Fsp3) is 0.394. The lowest BCUT2D eigenvalue weighted by atomic mass is 9.90. The maximum absolute atomic E-state index is 13.2. The number of methoxy groups -OCH3 is 2. The highest BCUT2D eigenvalue weighted by Crippen LogP contribution is 2.24. The van der Waals surface area contributed by atoms with Crippen molar-refractivity contribution >= 4 is 17.6 Å². The van der Waals surface area contributed by atoms with E-state index in [9.17, 15) is 14.4 Å². The van der Waals surface area contributed by atoms with Gasteiger partial charge in [-0.3, -0.25) is 24.3 Å². The SMILES string of the molecule is COc1ccc(CN2CCC(NC(=O)c3ccc(C(=O)N4CCCC(C(=O)c5ccc(OC)cc5)C4)nc3)CC2)cc1. The molecule has 2 aliphatic rings. The number of benzene rings is 2. The molecule has 9 heteroatoms. The highest BCUT2D eigenvalue weighted by molar-refractivity contribution is 5.99. The van der Waals surface area contributed by atoms with Crippen molar-refractivity contribution in [2.75, 3.05) is 40.4 Å². The number of ketones is 1. The summed E-state index contributed by atoms with van der Waals surface area (Å²) in [7, 11) is 3.25. The molecular weight excluding hydrogens is 532 g/mol. The first-order valence-electron chi connectivity index (χ1n) is 14.5. The average Bonchev–Trinajstić information content (AvgIpc) is 3.05. The Balaban J connectivity index is 1.10. The van der Waals surface area contributed by atoms with Gasteiger partial charge in [-0.25, -0.2) is 0 Å². The smallest absolute Gasteiger partial charge is 0.272 e. The summed E-state index contributed by atoms with van der Waals surface area (Å²) in [6.07, 6.45) is 4.69. The number of nitrogens with one attached hydrogen (secondary N) is 1. The van der Waals surface area contributed by atoms with Gasteiger partial charge in [-0.05, 0) is 79.8 Å². The van der Waals surface area contributed by atoms with Gasteiger partial charge < -0.3 is 19.7 Å². The monoisotopic (exact) mass is 570 g/mol. The zero-order valence-electron chi connectivity index (χ0n) is 24.3. The Labute approximate surface area is 246 Å². The maximum atomic E-state index is 13.2. The predicted octanol–water partition coefficient (Wildman–Crippen LogP) is 4.23. The van der Waals surface area contributed by atoms with Gasteiger partial charge in [0.1, 0.15) is 17.2 Å². The first-order chi connectivity index (χ1) is 20.4. The van der Waals surface area contributed by atoms with E-state index in [0.717, 1.165) is 51.1 Å². The molecule has 0 bridgehead atoms. The third kappa shape index (κ3) is 7.15. The van der Waals surface area contributed by atoms with E-state index in [4.69, 9.17) is 9.47 Å². The molecule has 5 rings (SSSR count). The summed E-state index contributed by atoms with van der Waals surface area (Å²) < 4.78 is 10.4. The van der Waals surface area contributed by atoms with Gasteiger partial charge >= 0.3 is 0 Å². The number of amides is 2. The van der Waals surface area contributed by atoms with Crippen LogP contribution in [0.1, 0.15) is 62.5 Å². The lowest BCUT2D eigenvalue weighted by Gasteiger charge is -2.32. The highest BCUT2D eigenvalue weighted by Gasteiger charge is 2.30. The zero-order chi connectivity index (χ0) is 29.5. The van der Waals surface area contributed by atoms with Crippen LogP contribution in [-0.4, -0.2) is 78.8 Å². The first-order valence-corrected chi connectivity index (χ1v) is 14.5. The molecule has 2 fully saturated rings. The molecule has 2 aromatic carbocycles. The fourth-order valence-electron chi connectivity index (χ4n) is 5.68. The summed E-state index contributed by atoms with van der Waals surface area (Å²) in [6, 6.07) is 18.5. The van der Waals surface area contributed by atoms with E-state index in [1.807, 2.05) is 12.1 Å². The fourth-order valence-corrected chi connectivity index (χ4v) is 5.68. The number of rotatable bonds is 9. The second-order valence-corrected chi connectivity index (χ2v) is 11.0. The van der Waals surface area contributed by atoms with E-state index in [-0.39, 0.29) is 35.3 Å². The van der Waals surface area contributed by atoms with E-state index in [1.165, 1.54) is 11.8 Å². The number of ether oxygens (including phenoxy) is 2. The van der Waals surface area contributed by atoms with Crippen molar-refractivity contribution in [3.05, 3.63) is 89.2 Å². The zero-order valence-corrected chi connectivity index (χ0v) is 24.3. The van der Waals surface area contributed by atoms with Gasteiger partial charge in [0, 0.05) is 56.4 Å². The quantitative estimate of drug-likeness (QED) is 0.384. The molecule has 1 N–H and O–H groups in total. The molecule has 220 valence electrons. The highest BCUT2D eigenvalue weighted by atomic mass is 16.5. The van der Waals surface area contributed by atoms with Crippen LogP contribution in [-0.2, 0) is 6.54 Å². The molecule has 42 heavy (non-hydrogen) atoms. The van der Waals surface area contributed by atoms with Crippen molar-refractivity contribution in [2.24, 2.45) is 5.92 Å². The van der Waals surface area contributed by atoms with Crippen LogP contribution in [0.25, 0.3) is 0 Å². The molecule has 1 atom stereocenters. The van der Waals surface area contributed by atoms with E-state index in [0.29, 0.717) is 30.0 Å². The first kappa shape index (κ1) is 29.3. The minimum atomic E-state index is -0.260. The normalized spacial score (nSPS) is 17.9. The lowest BCUT2D eigenvalue weighted by Crippen LogP contribution is -2.44. The number of pyridine rings is 1. The Kier molecular flexibility index (Phi) is 9.48. The van der Waals surface area contributed by atoms with Crippen molar-refractivity contribution in [3.63, 3.8) is 0 Å². The molecule has 2 aliphatic heterocycles. The van der Waals surface area contributed by atoms with Gasteiger partial charge in [-0.2, -0.15) is 0 Å². The summed E-state index contributed by atoms with van der Waals surface area (Å²) in [4.78, 5) is 47.6. The van der Waals surface area contributed by atoms with Crippen molar-refractivity contribution in [1.29, 1.82) is 0 Å². The largest absolute Gasteiger partial charge is 0.497 e. The third-order valence-corrected chi connectivity index (χ3v) is 8.19. The number of Topliss-reactive ketones (excluding diaryl/α,β-unsaturated/α-hetero) is 1. The molecule has 1 unspecified atom stereocenters. The van der Waals surface area contributed by atoms with E-state index < -0.39 is 0 Å². The van der Waals surface area contributed by atoms with E-state index in [1.54, 1.807) is 55.5 Å². The van der Waals surface area contributed by atoms with Gasteiger partial charge in [0.05, 0.1) is 19.8 Å². The van der Waals surface area contributed by atoms with Gasteiger partial charge in [-0.15, -0.1) is 0 Å². The lowest BCUT2D eigenvalue weighted by molar-refractivity contribution is 0.0631. The molecule has 9 nitrogen and oxygen atoms in total. The van der Waals surface area contributed by atoms with Gasteiger partial charge in [-0.1, -0.05) is 12.1 Å². The topological polar surface area (TPSA) is 101 Å². The molecule has 0 spiro atoms. The molecule has 2 amide bonds. The predicted molar refractivity (Wildman–Crippen MR) is 159 cm³/mol. The van der Waals surface area contributed by atoms with Crippen molar-refractivity contribution in [3.8, 4) is 11.5 Å². The summed E-state index contributed by atoms with van der Waals surface area (Å²) in [6.45, 7) is 3.61. The van der Waals surface area contributed by atoms with Gasteiger partial charge in [0.25, 0.3) is 11.8 Å². The molecule has 3 aromatic rings. The Morgan fingerprint density at radius 2 is 1.48 bits per heavy atom. The Bertz CT molecular complexity index is 1370. The Hall–Kier alpha value is -4.24. The number of nitrogens with zero attached hydrogens (tertiary/aromatic N) is 3. The van der Waals surface area contributed by atoms with Crippen molar-refractivity contribution < 1.29 is 23.9 Å². The third-order valence-electron chi connectivity index (χ3n) is 8.19. The molecule has 0 aliphatic carbocycles. The standard InChI is InChI=1S/C33H38N4O5/c1-41-28-10-5-23(6-11-28)21-36-18-15-27(16-19-36)35-32(39)25-9-14-30(34-20-25)33(40)37-17-3-4-26(22-37)31(38)24-7-12-29(42-2)13-8-24/h5-14,20,26-27H,3-4,15-19,21-22H2,1-2H3,(H,35,39). The van der Waals surface area contributed by atoms with Crippen LogP contribution in [0, 0.1) is 5.92 Å². The van der Waals surface area contributed by atoms with Crippen LogP contribution in [0.4, 0.5) is 0 Å². The second kappa shape index (κ2) is 13.6. The van der Waals surface area contributed by atoms with Crippen molar-refractivity contribution in [1.82, 2.24) is 20.1 Å². The van der Waals surface area contributed by atoms with Gasteiger partial charge in [0.2, 0.25) is 0 Å². The number of carbonyl (C=O) groups is 3. The summed E-state index contributed by atoms with van der Waals surface area (Å²) >= 11 is 0. The number of likely N-dealkylation sites (tertiary alicyclic amines) is 2. The van der Waals surface area contributed by atoms with E-state index >= 15 is 0 Å². The molecule has 0 radical (unpaired) electrons. The average molecular weight is 571 g/mol. The number of hydrogen-bond donors (Lipinski definition) is 1. The van der Waals surface area contributed by atoms with Crippen LogP contribution in [0.5, 0.6) is 11.5 Å². The molecule has 0 saturated carbocycles. The Morgan fingerprint density at radius 1 is 0.833 bits per heavy atom. The van der Waals surface area contributed by atoms with E-state index in [2.05, 4.69) is 27.3 Å². The summed E-state index contributed by atoms with van der Waals surface area (Å²) in [5.74, 6) is 0.910. The summed E-state index contributed by atoms with van der Waals surface area (Å²) in [5.41, 5.74) is 2.56. The minimum absolute atomic E-state index is 0.0293. The molecule has 2 saturated heterocycles. The maximum Gasteiger partial charge on any atom is 0.272 e. The molecular formula is C33H38N4O5.